The van der Waals surface area contributed by atoms with Gasteiger partial charge >= 0.3 is 0 Å². The van der Waals surface area contributed by atoms with Gasteiger partial charge in [0.25, 0.3) is 0 Å². The second kappa shape index (κ2) is 5.36. The lowest BCUT2D eigenvalue weighted by Gasteiger charge is -2.08. The number of anilines is 1. The topological polar surface area (TPSA) is 58.6 Å². The van der Waals surface area contributed by atoms with Crippen molar-refractivity contribution in [2.24, 2.45) is 0 Å². The monoisotopic (exact) mass is 209 g/mol. The summed E-state index contributed by atoms with van der Waals surface area (Å²) >= 11 is 0. The molecular formula is C11H15NO3. The molecule has 2 N–H and O–H groups in total. The van der Waals surface area contributed by atoms with Crippen LogP contribution in [0, 0.1) is 6.92 Å². The Kier molecular flexibility index (Phi) is 4.12. The van der Waals surface area contributed by atoms with Gasteiger partial charge in [-0.1, -0.05) is 0 Å². The molecule has 4 nitrogen and oxygen atoms in total. The summed E-state index contributed by atoms with van der Waals surface area (Å²) in [7, 11) is 1.55. The molecule has 0 aliphatic carbocycles. The van der Waals surface area contributed by atoms with Crippen LogP contribution in [-0.4, -0.2) is 24.7 Å². The normalized spacial score (nSPS) is 10.0. The van der Waals surface area contributed by atoms with Crippen LogP contribution >= 0.6 is 0 Å². The second-order valence-electron chi connectivity index (χ2n) is 3.29. The zero-order valence-corrected chi connectivity index (χ0v) is 8.91. The number of methoxy groups -OCH3 is 1. The molecule has 0 spiro atoms. The van der Waals surface area contributed by atoms with E-state index in [4.69, 9.17) is 4.74 Å². The summed E-state index contributed by atoms with van der Waals surface area (Å²) in [5.74, 6) is 0.105. The van der Waals surface area contributed by atoms with Crippen molar-refractivity contribution < 1.29 is 14.6 Å². The minimum atomic E-state index is -0.0920. The third kappa shape index (κ3) is 3.59. The van der Waals surface area contributed by atoms with Crippen LogP contribution in [0.4, 0.5) is 5.69 Å². The summed E-state index contributed by atoms with van der Waals surface area (Å²) in [6.45, 7) is 2.23. The molecule has 1 rings (SSSR count). The molecular weight excluding hydrogens is 194 g/mol. The molecule has 1 amide bonds. The number of hydrogen-bond acceptors (Lipinski definition) is 3. The Labute approximate surface area is 88.9 Å². The first-order valence-electron chi connectivity index (χ1n) is 4.72. The fourth-order valence-corrected chi connectivity index (χ4v) is 1.20. The van der Waals surface area contributed by atoms with Crippen molar-refractivity contribution in [3.05, 3.63) is 23.8 Å². The van der Waals surface area contributed by atoms with Gasteiger partial charge in [0.1, 0.15) is 5.75 Å². The highest BCUT2D eigenvalue weighted by atomic mass is 16.5. The first kappa shape index (κ1) is 11.5. The largest absolute Gasteiger partial charge is 0.508 e. The third-order valence-electron chi connectivity index (χ3n) is 2.02. The van der Waals surface area contributed by atoms with Crippen molar-refractivity contribution in [2.45, 2.75) is 13.3 Å². The molecule has 0 bridgehead atoms. The summed E-state index contributed by atoms with van der Waals surface area (Å²) in [6, 6.07) is 4.82. The summed E-state index contributed by atoms with van der Waals surface area (Å²) in [5, 5.41) is 11.9. The predicted octanol–water partition coefficient (Wildman–Crippen LogP) is 1.68. The smallest absolute Gasteiger partial charge is 0.226 e. The SMILES string of the molecule is COCCC(=O)Nc1ccc(O)cc1C. The van der Waals surface area contributed by atoms with Crippen LogP contribution in [0.25, 0.3) is 0 Å². The zero-order valence-electron chi connectivity index (χ0n) is 8.91. The molecule has 0 unspecified atom stereocenters. The summed E-state index contributed by atoms with van der Waals surface area (Å²) in [5.41, 5.74) is 1.55. The highest BCUT2D eigenvalue weighted by molar-refractivity contribution is 5.91. The molecule has 0 aliphatic heterocycles. The van der Waals surface area contributed by atoms with Crippen LogP contribution in [0.15, 0.2) is 18.2 Å². The number of hydrogen-bond donors (Lipinski definition) is 2. The van der Waals surface area contributed by atoms with Crippen LogP contribution in [0.2, 0.25) is 0 Å². The Morgan fingerprint density at radius 1 is 1.53 bits per heavy atom. The Morgan fingerprint density at radius 2 is 2.27 bits per heavy atom. The van der Waals surface area contributed by atoms with E-state index >= 15 is 0 Å². The van der Waals surface area contributed by atoms with Gasteiger partial charge < -0.3 is 15.2 Å². The standard InChI is InChI=1S/C11H15NO3/c1-8-7-9(13)3-4-10(8)12-11(14)5-6-15-2/h3-4,7,13H,5-6H2,1-2H3,(H,12,14). The van der Waals surface area contributed by atoms with Crippen LogP contribution in [0.3, 0.4) is 0 Å². The summed E-state index contributed by atoms with van der Waals surface area (Å²) in [6.07, 6.45) is 0.330. The molecule has 0 aromatic heterocycles. The number of amides is 1. The van der Waals surface area contributed by atoms with E-state index in [0.717, 1.165) is 5.56 Å². The number of aryl methyl sites for hydroxylation is 1. The molecule has 0 saturated heterocycles. The minimum absolute atomic E-state index is 0.0920. The van der Waals surface area contributed by atoms with Crippen LogP contribution in [0.1, 0.15) is 12.0 Å². The Hall–Kier alpha value is -1.55. The van der Waals surface area contributed by atoms with Crippen molar-refractivity contribution in [3.63, 3.8) is 0 Å². The zero-order chi connectivity index (χ0) is 11.3. The molecule has 0 atom stereocenters. The lowest BCUT2D eigenvalue weighted by Crippen LogP contribution is -2.14. The van der Waals surface area contributed by atoms with E-state index < -0.39 is 0 Å². The van der Waals surface area contributed by atoms with Crippen LogP contribution in [-0.2, 0) is 9.53 Å². The molecule has 0 heterocycles. The van der Waals surface area contributed by atoms with E-state index in [9.17, 15) is 9.90 Å². The Bertz CT molecular complexity index is 350. The number of aromatic hydroxyl groups is 1. The van der Waals surface area contributed by atoms with Gasteiger partial charge in [0.05, 0.1) is 13.0 Å². The maximum atomic E-state index is 11.4. The third-order valence-corrected chi connectivity index (χ3v) is 2.02. The number of phenolic OH excluding ortho intramolecular Hbond substituents is 1. The first-order valence-corrected chi connectivity index (χ1v) is 4.72. The highest BCUT2D eigenvalue weighted by Crippen LogP contribution is 2.20. The van der Waals surface area contributed by atoms with Crippen molar-refractivity contribution in [1.82, 2.24) is 0 Å². The van der Waals surface area contributed by atoms with Crippen LogP contribution in [0.5, 0.6) is 5.75 Å². The van der Waals surface area contributed by atoms with Gasteiger partial charge in [0.2, 0.25) is 5.91 Å². The minimum Gasteiger partial charge on any atom is -0.508 e. The van der Waals surface area contributed by atoms with Crippen molar-refractivity contribution >= 4 is 11.6 Å². The average molecular weight is 209 g/mol. The molecule has 1 aromatic rings. The second-order valence-corrected chi connectivity index (χ2v) is 3.29. The van der Waals surface area contributed by atoms with Gasteiger partial charge in [-0.3, -0.25) is 4.79 Å². The molecule has 82 valence electrons. The van der Waals surface area contributed by atoms with E-state index in [1.165, 1.54) is 0 Å². The predicted molar refractivity (Wildman–Crippen MR) is 58.0 cm³/mol. The maximum absolute atomic E-state index is 11.4. The molecule has 4 heteroatoms. The number of nitrogens with one attached hydrogen (secondary N) is 1. The Balaban J connectivity index is 2.60. The fraction of sp³-hybridized carbons (Fsp3) is 0.364. The van der Waals surface area contributed by atoms with Gasteiger partial charge in [-0.15, -0.1) is 0 Å². The average Bonchev–Trinajstić information content (AvgIpc) is 2.19. The van der Waals surface area contributed by atoms with E-state index in [1.54, 1.807) is 25.3 Å². The Morgan fingerprint density at radius 3 is 2.87 bits per heavy atom. The number of phenols is 1. The van der Waals surface area contributed by atoms with Gasteiger partial charge in [-0.25, -0.2) is 0 Å². The van der Waals surface area contributed by atoms with Crippen molar-refractivity contribution in [1.29, 1.82) is 0 Å². The summed E-state index contributed by atoms with van der Waals surface area (Å²) in [4.78, 5) is 11.4. The van der Waals surface area contributed by atoms with Gasteiger partial charge in [-0.2, -0.15) is 0 Å². The van der Waals surface area contributed by atoms with E-state index in [2.05, 4.69) is 5.32 Å². The molecule has 15 heavy (non-hydrogen) atoms. The van der Waals surface area contributed by atoms with E-state index in [-0.39, 0.29) is 11.7 Å². The van der Waals surface area contributed by atoms with Crippen LogP contribution < -0.4 is 5.32 Å². The first-order chi connectivity index (χ1) is 7.13. The number of carbonyl (C=O) groups is 1. The lowest BCUT2D eigenvalue weighted by atomic mass is 10.2. The molecule has 0 fully saturated rings. The van der Waals surface area contributed by atoms with E-state index in [1.807, 2.05) is 6.92 Å². The van der Waals surface area contributed by atoms with Gasteiger partial charge in [0.15, 0.2) is 0 Å². The number of benzene rings is 1. The molecule has 1 aromatic carbocycles. The molecule has 0 saturated carbocycles. The lowest BCUT2D eigenvalue weighted by molar-refractivity contribution is -0.117. The molecule has 0 radical (unpaired) electrons. The van der Waals surface area contributed by atoms with E-state index in [0.29, 0.717) is 18.7 Å². The number of carbonyl (C=O) groups excluding carboxylic acids is 1. The van der Waals surface area contributed by atoms with Gasteiger partial charge in [-0.05, 0) is 30.7 Å². The maximum Gasteiger partial charge on any atom is 0.226 e. The molecule has 0 aliphatic rings. The fourth-order valence-electron chi connectivity index (χ4n) is 1.20. The quantitative estimate of drug-likeness (QED) is 0.742. The van der Waals surface area contributed by atoms with Crippen molar-refractivity contribution in [2.75, 3.05) is 19.0 Å². The number of rotatable bonds is 4. The van der Waals surface area contributed by atoms with Gasteiger partial charge in [0, 0.05) is 12.8 Å². The van der Waals surface area contributed by atoms with Crippen molar-refractivity contribution in [3.8, 4) is 5.75 Å². The summed E-state index contributed by atoms with van der Waals surface area (Å²) < 4.78 is 4.80. The number of ether oxygens (including phenoxy) is 1. The highest BCUT2D eigenvalue weighted by Gasteiger charge is 2.04.